The van der Waals surface area contributed by atoms with Crippen LogP contribution in [0.25, 0.3) is 0 Å². The molecule has 2 aromatic rings. The van der Waals surface area contributed by atoms with Crippen LogP contribution in [0.1, 0.15) is 5.56 Å². The predicted molar refractivity (Wildman–Crippen MR) is 90.4 cm³/mol. The molecule has 0 saturated heterocycles. The lowest BCUT2D eigenvalue weighted by atomic mass is 10.2. The molecule has 0 heterocycles. The normalized spacial score (nSPS) is 10.1. The van der Waals surface area contributed by atoms with Crippen LogP contribution in [-0.4, -0.2) is 25.1 Å². The highest BCUT2D eigenvalue weighted by molar-refractivity contribution is 9.10. The first-order valence-electron chi connectivity index (χ1n) is 7.04. The van der Waals surface area contributed by atoms with E-state index in [0.29, 0.717) is 10.2 Å². The van der Waals surface area contributed by atoms with E-state index < -0.39 is 24.3 Å². The lowest BCUT2D eigenvalue weighted by Gasteiger charge is -2.09. The summed E-state index contributed by atoms with van der Waals surface area (Å²) >= 11 is 3.12. The van der Waals surface area contributed by atoms with E-state index >= 15 is 0 Å². The average Bonchev–Trinajstić information content (AvgIpc) is 2.55. The van der Waals surface area contributed by atoms with Gasteiger partial charge in [0.2, 0.25) is 0 Å². The van der Waals surface area contributed by atoms with Gasteiger partial charge in [0.25, 0.3) is 5.91 Å². The van der Waals surface area contributed by atoms with Gasteiger partial charge < -0.3 is 14.8 Å². The van der Waals surface area contributed by atoms with Crippen LogP contribution in [0, 0.1) is 12.7 Å². The van der Waals surface area contributed by atoms with Crippen LogP contribution in [0.2, 0.25) is 0 Å². The molecule has 0 aliphatic heterocycles. The number of benzene rings is 2. The number of carbonyl (C=O) groups excluding carboxylic acids is 2. The number of hydrogen-bond acceptors (Lipinski definition) is 4. The van der Waals surface area contributed by atoms with Crippen LogP contribution >= 0.6 is 15.9 Å². The largest absolute Gasteiger partial charge is 0.482 e. The molecule has 0 aliphatic carbocycles. The minimum atomic E-state index is -0.690. The first-order chi connectivity index (χ1) is 11.5. The molecule has 0 radical (unpaired) electrons. The van der Waals surface area contributed by atoms with Crippen molar-refractivity contribution in [3.63, 3.8) is 0 Å². The van der Waals surface area contributed by atoms with Gasteiger partial charge in [-0.2, -0.15) is 0 Å². The van der Waals surface area contributed by atoms with Gasteiger partial charge in [0.15, 0.2) is 13.2 Å². The number of halogens is 2. The van der Waals surface area contributed by atoms with Gasteiger partial charge in [0, 0.05) is 4.47 Å². The number of esters is 1. The van der Waals surface area contributed by atoms with Crippen LogP contribution in [0.4, 0.5) is 10.1 Å². The van der Waals surface area contributed by atoms with Gasteiger partial charge >= 0.3 is 5.97 Å². The lowest BCUT2D eigenvalue weighted by molar-refractivity contribution is -0.149. The minimum absolute atomic E-state index is 0.00964. The van der Waals surface area contributed by atoms with Crippen LogP contribution in [0.3, 0.4) is 0 Å². The Hall–Kier alpha value is -2.41. The summed E-state index contributed by atoms with van der Waals surface area (Å²) in [6, 6.07) is 11.4. The van der Waals surface area contributed by atoms with Gasteiger partial charge in [-0.15, -0.1) is 0 Å². The summed E-state index contributed by atoms with van der Waals surface area (Å²) in [7, 11) is 0. The van der Waals surface area contributed by atoms with Gasteiger partial charge in [0.05, 0.1) is 5.69 Å². The third-order valence-electron chi connectivity index (χ3n) is 3.01. The Balaban J connectivity index is 1.77. The Morgan fingerprint density at radius 2 is 1.92 bits per heavy atom. The van der Waals surface area contributed by atoms with E-state index in [1.54, 1.807) is 18.2 Å². The molecule has 1 amide bonds. The van der Waals surface area contributed by atoms with Crippen molar-refractivity contribution in [1.29, 1.82) is 0 Å². The van der Waals surface area contributed by atoms with Gasteiger partial charge in [0.1, 0.15) is 11.6 Å². The van der Waals surface area contributed by atoms with Crippen LogP contribution in [0.15, 0.2) is 46.9 Å². The van der Waals surface area contributed by atoms with Gasteiger partial charge in [-0.25, -0.2) is 9.18 Å². The second kappa shape index (κ2) is 8.44. The van der Waals surface area contributed by atoms with E-state index in [0.717, 1.165) is 5.56 Å². The van der Waals surface area contributed by atoms with Crippen LogP contribution in [-0.2, 0) is 14.3 Å². The Morgan fingerprint density at radius 3 is 2.62 bits per heavy atom. The van der Waals surface area contributed by atoms with E-state index in [9.17, 15) is 14.0 Å². The zero-order valence-corrected chi connectivity index (χ0v) is 14.4. The maximum Gasteiger partial charge on any atom is 0.344 e. The number of amides is 1. The number of aryl methyl sites for hydroxylation is 1. The fourth-order valence-corrected chi connectivity index (χ4v) is 2.15. The third-order valence-corrected chi connectivity index (χ3v) is 3.50. The maximum absolute atomic E-state index is 13.6. The molecule has 2 aromatic carbocycles. The zero-order valence-electron chi connectivity index (χ0n) is 12.8. The highest BCUT2D eigenvalue weighted by atomic mass is 79.9. The molecule has 0 bridgehead atoms. The number of rotatable bonds is 6. The monoisotopic (exact) mass is 395 g/mol. The zero-order chi connectivity index (χ0) is 17.5. The quantitative estimate of drug-likeness (QED) is 0.760. The summed E-state index contributed by atoms with van der Waals surface area (Å²) in [6.07, 6.45) is 0. The fourth-order valence-electron chi connectivity index (χ4n) is 1.82. The van der Waals surface area contributed by atoms with Crippen molar-refractivity contribution >= 4 is 33.5 Å². The third kappa shape index (κ3) is 5.34. The van der Waals surface area contributed by atoms with Crippen LogP contribution < -0.4 is 10.1 Å². The summed E-state index contributed by atoms with van der Waals surface area (Å²) in [5.74, 6) is -1.35. The Morgan fingerprint density at radius 1 is 1.17 bits per heavy atom. The van der Waals surface area contributed by atoms with Crippen LogP contribution in [0.5, 0.6) is 5.75 Å². The van der Waals surface area contributed by atoms with Crippen molar-refractivity contribution in [2.45, 2.75) is 6.92 Å². The molecule has 0 spiro atoms. The van der Waals surface area contributed by atoms with Gasteiger partial charge in [-0.3, -0.25) is 4.79 Å². The average molecular weight is 396 g/mol. The van der Waals surface area contributed by atoms with Crippen molar-refractivity contribution < 1.29 is 23.5 Å². The summed E-state index contributed by atoms with van der Waals surface area (Å²) < 4.78 is 24.2. The van der Waals surface area contributed by atoms with Gasteiger partial charge in [-0.1, -0.05) is 34.1 Å². The Kier molecular flexibility index (Phi) is 6.31. The molecule has 24 heavy (non-hydrogen) atoms. The molecule has 5 nitrogen and oxygen atoms in total. The van der Waals surface area contributed by atoms with E-state index in [-0.39, 0.29) is 12.3 Å². The smallest absolute Gasteiger partial charge is 0.344 e. The number of anilines is 1. The van der Waals surface area contributed by atoms with Crippen molar-refractivity contribution in [1.82, 2.24) is 0 Å². The highest BCUT2D eigenvalue weighted by Gasteiger charge is 2.11. The molecule has 0 saturated carbocycles. The lowest BCUT2D eigenvalue weighted by Crippen LogP contribution is -2.24. The molecule has 7 heteroatoms. The molecule has 0 aliphatic rings. The van der Waals surface area contributed by atoms with Crippen molar-refractivity contribution in [3.8, 4) is 5.75 Å². The topological polar surface area (TPSA) is 64.6 Å². The molecule has 0 fully saturated rings. The van der Waals surface area contributed by atoms with Crippen molar-refractivity contribution in [2.24, 2.45) is 0 Å². The predicted octanol–water partition coefficient (Wildman–Crippen LogP) is 3.46. The second-order valence-electron chi connectivity index (χ2n) is 4.89. The molecular formula is C17H15BrFNO4. The highest BCUT2D eigenvalue weighted by Crippen LogP contribution is 2.19. The molecule has 0 unspecified atom stereocenters. The molecule has 0 atom stereocenters. The maximum atomic E-state index is 13.6. The first-order valence-corrected chi connectivity index (χ1v) is 7.84. The number of para-hydroxylation sites is 1. The number of ether oxygens (including phenoxy) is 2. The number of carbonyl (C=O) groups is 2. The van der Waals surface area contributed by atoms with E-state index in [1.165, 1.54) is 12.1 Å². The summed E-state index contributed by atoms with van der Waals surface area (Å²) in [5.41, 5.74) is 0.893. The molecular weight excluding hydrogens is 381 g/mol. The van der Waals surface area contributed by atoms with E-state index in [2.05, 4.69) is 21.2 Å². The standard InChI is InChI=1S/C17H15BrFNO4/c1-11-4-2-3-5-15(11)23-10-17(22)24-9-16(21)20-14-7-6-12(18)8-13(14)19/h2-8H,9-10H2,1H3,(H,20,21). The second-order valence-corrected chi connectivity index (χ2v) is 5.80. The minimum Gasteiger partial charge on any atom is -0.482 e. The SMILES string of the molecule is Cc1ccccc1OCC(=O)OCC(=O)Nc1ccc(Br)cc1F. The molecule has 1 N–H and O–H groups in total. The summed E-state index contributed by atoms with van der Waals surface area (Å²) in [6.45, 7) is 1.01. The number of nitrogens with one attached hydrogen (secondary N) is 1. The summed E-state index contributed by atoms with van der Waals surface area (Å²) in [4.78, 5) is 23.3. The molecule has 126 valence electrons. The number of hydrogen-bond donors (Lipinski definition) is 1. The first kappa shape index (κ1) is 17.9. The van der Waals surface area contributed by atoms with E-state index in [4.69, 9.17) is 9.47 Å². The fraction of sp³-hybridized carbons (Fsp3) is 0.176. The Bertz CT molecular complexity index is 751. The van der Waals surface area contributed by atoms with Crippen molar-refractivity contribution in [3.05, 3.63) is 58.3 Å². The van der Waals surface area contributed by atoms with E-state index in [1.807, 2.05) is 19.1 Å². The van der Waals surface area contributed by atoms with Gasteiger partial charge in [-0.05, 0) is 36.8 Å². The Labute approximate surface area is 146 Å². The van der Waals surface area contributed by atoms with Crippen molar-refractivity contribution in [2.75, 3.05) is 18.5 Å². The summed E-state index contributed by atoms with van der Waals surface area (Å²) in [5, 5.41) is 2.32. The molecule has 2 rings (SSSR count). The molecule has 0 aromatic heterocycles.